The van der Waals surface area contributed by atoms with Gasteiger partial charge in [-0.1, -0.05) is 30.7 Å². The van der Waals surface area contributed by atoms with Crippen molar-refractivity contribution in [2.75, 3.05) is 6.61 Å². The molecular weight excluding hydrogens is 320 g/mol. The smallest absolute Gasteiger partial charge is 0.313 e. The van der Waals surface area contributed by atoms with Gasteiger partial charge in [-0.15, -0.1) is 0 Å². The molecule has 0 bridgehead atoms. The molecule has 0 radical (unpaired) electrons. The number of hydrogen-bond donors (Lipinski definition) is 0. The highest BCUT2D eigenvalue weighted by Crippen LogP contribution is 2.64. The van der Waals surface area contributed by atoms with Gasteiger partial charge in [0.05, 0.1) is 24.4 Å². The normalized spacial score (nSPS) is 42.0. The average Bonchev–Trinajstić information content (AvgIpc) is 3.23. The van der Waals surface area contributed by atoms with Gasteiger partial charge in [0.15, 0.2) is 0 Å². The Hall–Kier alpha value is -2.30. The minimum absolute atomic E-state index is 0.145. The van der Waals surface area contributed by atoms with Crippen molar-refractivity contribution in [1.82, 2.24) is 0 Å². The number of furan rings is 1. The molecule has 0 aromatic carbocycles. The summed E-state index contributed by atoms with van der Waals surface area (Å²) in [6, 6.07) is 1.85. The average molecular weight is 340 g/mol. The van der Waals surface area contributed by atoms with Crippen LogP contribution in [0.1, 0.15) is 37.9 Å². The van der Waals surface area contributed by atoms with E-state index in [0.29, 0.717) is 13.0 Å². The van der Waals surface area contributed by atoms with Gasteiger partial charge in [-0.25, -0.2) is 0 Å². The minimum Gasteiger partial charge on any atom is -0.472 e. The summed E-state index contributed by atoms with van der Waals surface area (Å²) in [5.74, 6) is -0.688. The first-order valence-electron chi connectivity index (χ1n) is 8.83. The Morgan fingerprint density at radius 3 is 2.92 bits per heavy atom. The van der Waals surface area contributed by atoms with Crippen molar-refractivity contribution in [1.29, 1.82) is 0 Å². The number of carbonyl (C=O) groups excluding carboxylic acids is 2. The summed E-state index contributed by atoms with van der Waals surface area (Å²) in [4.78, 5) is 25.0. The Morgan fingerprint density at radius 2 is 2.12 bits per heavy atom. The van der Waals surface area contributed by atoms with Crippen LogP contribution in [-0.2, 0) is 19.1 Å². The van der Waals surface area contributed by atoms with Crippen molar-refractivity contribution in [3.63, 3.8) is 0 Å². The van der Waals surface area contributed by atoms with Gasteiger partial charge in [-0.05, 0) is 25.3 Å². The lowest BCUT2D eigenvalue weighted by Gasteiger charge is -2.55. The third-order valence-corrected chi connectivity index (χ3v) is 6.75. The Kier molecular flexibility index (Phi) is 2.92. The van der Waals surface area contributed by atoms with Gasteiger partial charge in [-0.2, -0.15) is 0 Å². The Balaban J connectivity index is 1.60. The summed E-state index contributed by atoms with van der Waals surface area (Å²) in [5, 5.41) is 0. The van der Waals surface area contributed by atoms with Crippen LogP contribution in [0.5, 0.6) is 0 Å². The van der Waals surface area contributed by atoms with Crippen LogP contribution in [0.3, 0.4) is 0 Å². The Bertz CT molecular complexity index is 804. The molecule has 4 aliphatic rings. The predicted octanol–water partition coefficient (Wildman–Crippen LogP) is 3.34. The van der Waals surface area contributed by atoms with Gasteiger partial charge in [0.1, 0.15) is 12.7 Å². The fourth-order valence-corrected chi connectivity index (χ4v) is 5.49. The van der Waals surface area contributed by atoms with E-state index in [0.717, 1.165) is 18.4 Å². The highest BCUT2D eigenvalue weighted by molar-refractivity contribution is 5.81. The molecule has 3 fully saturated rings. The van der Waals surface area contributed by atoms with E-state index in [2.05, 4.69) is 13.0 Å². The van der Waals surface area contributed by atoms with Crippen molar-refractivity contribution < 1.29 is 23.5 Å². The van der Waals surface area contributed by atoms with Crippen LogP contribution < -0.4 is 0 Å². The van der Waals surface area contributed by atoms with Gasteiger partial charge >= 0.3 is 11.9 Å². The molecule has 0 amide bonds. The molecular formula is C20H20O5. The summed E-state index contributed by atoms with van der Waals surface area (Å²) in [7, 11) is 0. The largest absolute Gasteiger partial charge is 0.472 e. The molecule has 25 heavy (non-hydrogen) atoms. The monoisotopic (exact) mass is 340 g/mol. The topological polar surface area (TPSA) is 65.7 Å². The highest BCUT2D eigenvalue weighted by atomic mass is 16.5. The first kappa shape index (κ1) is 15.0. The Morgan fingerprint density at radius 1 is 1.24 bits per heavy atom. The molecule has 3 heterocycles. The number of cyclic esters (lactones) is 2. The lowest BCUT2D eigenvalue weighted by atomic mass is 9.49. The van der Waals surface area contributed by atoms with Crippen molar-refractivity contribution >= 4 is 11.9 Å². The minimum atomic E-state index is -0.341. The molecule has 130 valence electrons. The maximum Gasteiger partial charge on any atom is 0.313 e. The molecule has 5 atom stereocenters. The third kappa shape index (κ3) is 1.84. The molecule has 2 aliphatic carbocycles. The van der Waals surface area contributed by atoms with Crippen molar-refractivity contribution in [3.8, 4) is 0 Å². The predicted molar refractivity (Wildman–Crippen MR) is 87.1 cm³/mol. The number of hydrogen-bond acceptors (Lipinski definition) is 5. The van der Waals surface area contributed by atoms with E-state index in [-0.39, 0.29) is 40.7 Å². The maximum absolute atomic E-state index is 12.8. The van der Waals surface area contributed by atoms with Gasteiger partial charge in [0, 0.05) is 16.4 Å². The summed E-state index contributed by atoms with van der Waals surface area (Å²) in [5.41, 5.74) is 1.43. The molecule has 5 rings (SSSR count). The summed E-state index contributed by atoms with van der Waals surface area (Å²) >= 11 is 0. The zero-order valence-electron chi connectivity index (χ0n) is 14.1. The Labute approximate surface area is 145 Å². The second-order valence-electron chi connectivity index (χ2n) is 7.90. The molecule has 2 saturated heterocycles. The molecule has 1 saturated carbocycles. The van der Waals surface area contributed by atoms with Crippen LogP contribution in [0, 0.1) is 22.7 Å². The maximum atomic E-state index is 12.8. The molecule has 0 N–H and O–H groups in total. The molecule has 2 aliphatic heterocycles. The number of rotatable bonds is 1. The first-order valence-corrected chi connectivity index (χ1v) is 8.83. The zero-order valence-corrected chi connectivity index (χ0v) is 14.1. The van der Waals surface area contributed by atoms with E-state index < -0.39 is 0 Å². The lowest BCUT2D eigenvalue weighted by molar-refractivity contribution is -0.175. The highest BCUT2D eigenvalue weighted by Gasteiger charge is 2.63. The lowest BCUT2D eigenvalue weighted by Crippen LogP contribution is -2.53. The molecule has 1 spiro atoms. The number of fused-ring (bicyclic) bond motifs is 2. The quantitative estimate of drug-likeness (QED) is 0.734. The molecule has 5 nitrogen and oxygen atoms in total. The summed E-state index contributed by atoms with van der Waals surface area (Å²) in [6.45, 7) is 2.57. The standard InChI is InChI=1S/C20H20O5/c1-19-9-15(12-6-8-23-10-12)25-18(22)13(19)5-7-20-11-24-17(21)14(20)3-2-4-16(19)20/h2-4,6,8,10,13-15H,5,7,9,11H2,1H3/t13-,14-,15+,19-,20-/m0/s1. The van der Waals surface area contributed by atoms with Crippen molar-refractivity contribution in [2.45, 2.75) is 32.3 Å². The fourth-order valence-electron chi connectivity index (χ4n) is 5.49. The van der Waals surface area contributed by atoms with E-state index >= 15 is 0 Å². The molecule has 1 aromatic heterocycles. The van der Waals surface area contributed by atoms with Gasteiger partial charge in [-0.3, -0.25) is 9.59 Å². The summed E-state index contributed by atoms with van der Waals surface area (Å²) in [6.07, 6.45) is 11.1. The van der Waals surface area contributed by atoms with E-state index in [1.165, 1.54) is 5.57 Å². The zero-order chi connectivity index (χ0) is 17.2. The number of carbonyl (C=O) groups is 2. The van der Waals surface area contributed by atoms with Crippen LogP contribution in [0.4, 0.5) is 0 Å². The van der Waals surface area contributed by atoms with Crippen LogP contribution in [0.2, 0.25) is 0 Å². The van der Waals surface area contributed by atoms with Crippen LogP contribution in [0.15, 0.2) is 46.8 Å². The molecule has 1 aromatic rings. The van der Waals surface area contributed by atoms with Crippen LogP contribution >= 0.6 is 0 Å². The van der Waals surface area contributed by atoms with Crippen LogP contribution in [-0.4, -0.2) is 18.5 Å². The number of esters is 2. The van der Waals surface area contributed by atoms with Crippen molar-refractivity contribution in [3.05, 3.63) is 48.0 Å². The van der Waals surface area contributed by atoms with E-state index in [9.17, 15) is 9.59 Å². The van der Waals surface area contributed by atoms with Gasteiger partial charge < -0.3 is 13.9 Å². The third-order valence-electron chi connectivity index (χ3n) is 6.75. The SMILES string of the molecule is C[C@]12C[C@H](c3ccoc3)OC(=O)[C@@H]1CC[C@]13COC(=O)[C@@H]1C=CC=C32. The van der Waals surface area contributed by atoms with E-state index in [1.807, 2.05) is 18.2 Å². The van der Waals surface area contributed by atoms with Gasteiger partial charge in [0.2, 0.25) is 0 Å². The summed E-state index contributed by atoms with van der Waals surface area (Å²) < 4.78 is 16.4. The second-order valence-corrected chi connectivity index (χ2v) is 7.90. The van der Waals surface area contributed by atoms with Crippen LogP contribution in [0.25, 0.3) is 0 Å². The first-order chi connectivity index (χ1) is 12.0. The second kappa shape index (κ2) is 4.87. The number of allylic oxidation sites excluding steroid dienone is 2. The fraction of sp³-hybridized carbons (Fsp3) is 0.500. The molecule has 5 heteroatoms. The van der Waals surface area contributed by atoms with Crippen molar-refractivity contribution in [2.24, 2.45) is 22.7 Å². The van der Waals surface area contributed by atoms with E-state index in [1.54, 1.807) is 12.5 Å². The number of ether oxygens (including phenoxy) is 2. The van der Waals surface area contributed by atoms with E-state index in [4.69, 9.17) is 13.9 Å². The van der Waals surface area contributed by atoms with Gasteiger partial charge in [0.25, 0.3) is 0 Å². The molecule has 0 unspecified atom stereocenters.